The highest BCUT2D eigenvalue weighted by molar-refractivity contribution is 7.91. The van der Waals surface area contributed by atoms with Crippen LogP contribution < -0.4 is 4.72 Å². The van der Waals surface area contributed by atoms with Gasteiger partial charge in [0.15, 0.2) is 0 Å². The number of hydrogen-bond acceptors (Lipinski definition) is 6. The van der Waals surface area contributed by atoms with Crippen molar-refractivity contribution < 1.29 is 26.1 Å². The molecule has 0 radical (unpaired) electrons. The van der Waals surface area contributed by atoms with E-state index in [1.807, 2.05) is 7.05 Å². The minimum Gasteiger partial charge on any atom is -0.351 e. The van der Waals surface area contributed by atoms with E-state index in [0.29, 0.717) is 17.5 Å². The Kier molecular flexibility index (Phi) is 6.47. The van der Waals surface area contributed by atoms with Crippen molar-refractivity contribution in [3.8, 4) is 10.6 Å². The summed E-state index contributed by atoms with van der Waals surface area (Å²) in [6.45, 7) is 0.866. The predicted octanol–water partition coefficient (Wildman–Crippen LogP) is 3.96. The molecule has 1 aliphatic carbocycles. The van der Waals surface area contributed by atoms with Crippen molar-refractivity contribution in [1.82, 2.24) is 14.8 Å². The summed E-state index contributed by atoms with van der Waals surface area (Å²) in [7, 11) is -1.74. The van der Waals surface area contributed by atoms with Gasteiger partial charge in [0.05, 0.1) is 4.88 Å². The zero-order chi connectivity index (χ0) is 20.4. The van der Waals surface area contributed by atoms with E-state index in [4.69, 9.17) is 0 Å². The van der Waals surface area contributed by atoms with Crippen LogP contribution in [0.4, 0.5) is 13.2 Å². The lowest BCUT2D eigenvalue weighted by Crippen LogP contribution is -2.39. The maximum absolute atomic E-state index is 12.6. The quantitative estimate of drug-likeness (QED) is 0.710. The largest absolute Gasteiger partial charge is 0.452 e. The molecule has 2 heterocycles. The molecule has 1 N–H and O–H groups in total. The highest BCUT2D eigenvalue weighted by atomic mass is 32.2. The first-order chi connectivity index (χ1) is 13.2. The molecule has 1 aliphatic rings. The van der Waals surface area contributed by atoms with Gasteiger partial charge in [-0.25, -0.2) is 13.1 Å². The first kappa shape index (κ1) is 21.3. The minimum absolute atomic E-state index is 0.0272. The Labute approximate surface area is 165 Å². The molecule has 0 amide bonds. The van der Waals surface area contributed by atoms with E-state index in [1.165, 1.54) is 31.4 Å². The second kappa shape index (κ2) is 8.52. The number of rotatable bonds is 7. The smallest absolute Gasteiger partial charge is 0.351 e. The van der Waals surface area contributed by atoms with Crippen molar-refractivity contribution in [2.75, 3.05) is 20.1 Å². The van der Waals surface area contributed by atoms with Crippen molar-refractivity contribution in [3.05, 3.63) is 24.0 Å². The summed E-state index contributed by atoms with van der Waals surface area (Å²) in [6.07, 6.45) is 1.30. The summed E-state index contributed by atoms with van der Waals surface area (Å²) in [5.74, 6) is -1.22. The molecule has 0 saturated heterocycles. The lowest BCUT2D eigenvalue weighted by atomic mass is 9.94. The van der Waals surface area contributed by atoms with Gasteiger partial charge in [-0.05, 0) is 32.0 Å². The van der Waals surface area contributed by atoms with E-state index in [2.05, 4.69) is 19.3 Å². The maximum atomic E-state index is 12.6. The lowest BCUT2D eigenvalue weighted by Gasteiger charge is -2.31. The Morgan fingerprint density at radius 1 is 1.29 bits per heavy atom. The van der Waals surface area contributed by atoms with Crippen LogP contribution in [0.25, 0.3) is 10.6 Å². The number of nitrogens with zero attached hydrogens (tertiary/aromatic N) is 2. The van der Waals surface area contributed by atoms with Crippen LogP contribution in [0.2, 0.25) is 0 Å². The summed E-state index contributed by atoms with van der Waals surface area (Å²) in [5, 5.41) is 3.38. The molecule has 2 aromatic heterocycles. The topological polar surface area (TPSA) is 75.4 Å². The molecule has 3 rings (SSSR count). The number of nitrogens with one attached hydrogen (secondary N) is 1. The summed E-state index contributed by atoms with van der Waals surface area (Å²) in [6, 6.07) is 4.02. The van der Waals surface area contributed by atoms with Gasteiger partial charge in [0.25, 0.3) is 0 Å². The van der Waals surface area contributed by atoms with Gasteiger partial charge in [-0.15, -0.1) is 11.3 Å². The standard InChI is InChI=1S/C17H22F3N3O3S2/c1-23(12-5-3-2-4-6-12)10-9-21-28(24,25)16-8-7-14(27-16)13-11-15(26-22-13)17(18,19)20/h7-8,11-12,21H,2-6,9-10H2,1H3. The number of hydrogen-bond donors (Lipinski definition) is 1. The molecule has 0 atom stereocenters. The van der Waals surface area contributed by atoms with Crippen LogP contribution in [0.1, 0.15) is 37.9 Å². The van der Waals surface area contributed by atoms with Crippen LogP contribution in [0.15, 0.2) is 26.9 Å². The second-order valence-corrected chi connectivity index (χ2v) is 9.94. The molecule has 2 aromatic rings. The predicted molar refractivity (Wildman–Crippen MR) is 99.5 cm³/mol. The fourth-order valence-electron chi connectivity index (χ4n) is 3.26. The van der Waals surface area contributed by atoms with Gasteiger partial charge in [-0.1, -0.05) is 24.4 Å². The Hall–Kier alpha value is -1.43. The number of aromatic nitrogens is 1. The minimum atomic E-state index is -4.64. The molecule has 0 aliphatic heterocycles. The number of sulfonamides is 1. The second-order valence-electron chi connectivity index (χ2n) is 6.86. The molecular weight excluding hydrogens is 415 g/mol. The molecule has 6 nitrogen and oxygen atoms in total. The van der Waals surface area contributed by atoms with Crippen LogP contribution in [0, 0.1) is 0 Å². The van der Waals surface area contributed by atoms with Crippen molar-refractivity contribution in [3.63, 3.8) is 0 Å². The summed E-state index contributed by atoms with van der Waals surface area (Å²) in [4.78, 5) is 2.47. The van der Waals surface area contributed by atoms with Crippen molar-refractivity contribution in [2.24, 2.45) is 0 Å². The van der Waals surface area contributed by atoms with Crippen molar-refractivity contribution >= 4 is 21.4 Å². The van der Waals surface area contributed by atoms with Crippen LogP contribution in [0.5, 0.6) is 0 Å². The van der Waals surface area contributed by atoms with Gasteiger partial charge in [-0.3, -0.25) is 0 Å². The normalized spacial score (nSPS) is 16.8. The average molecular weight is 438 g/mol. The summed E-state index contributed by atoms with van der Waals surface area (Å²) >= 11 is 0.850. The van der Waals surface area contributed by atoms with Crippen LogP contribution in [-0.2, 0) is 16.2 Å². The average Bonchev–Trinajstić information content (AvgIpc) is 3.31. The van der Waals surface area contributed by atoms with Crippen LogP contribution >= 0.6 is 11.3 Å². The molecule has 1 saturated carbocycles. The fraction of sp³-hybridized carbons (Fsp3) is 0.588. The van der Waals surface area contributed by atoms with E-state index >= 15 is 0 Å². The molecule has 11 heteroatoms. The first-order valence-electron chi connectivity index (χ1n) is 9.01. The van der Waals surface area contributed by atoms with Crippen molar-refractivity contribution in [2.45, 2.75) is 48.5 Å². The third kappa shape index (κ3) is 5.13. The third-order valence-corrected chi connectivity index (χ3v) is 7.90. The highest BCUT2D eigenvalue weighted by Crippen LogP contribution is 2.35. The monoisotopic (exact) mass is 437 g/mol. The molecular formula is C17H22F3N3O3S2. The Balaban J connectivity index is 1.59. The van der Waals surface area contributed by atoms with E-state index in [0.717, 1.165) is 30.2 Å². The maximum Gasteiger partial charge on any atom is 0.452 e. The summed E-state index contributed by atoms with van der Waals surface area (Å²) < 4.78 is 69.6. The van der Waals surface area contributed by atoms with E-state index in [9.17, 15) is 21.6 Å². The highest BCUT2D eigenvalue weighted by Gasteiger charge is 2.36. The van der Waals surface area contributed by atoms with E-state index in [1.54, 1.807) is 0 Å². The van der Waals surface area contributed by atoms with Crippen LogP contribution in [0.3, 0.4) is 0 Å². The van der Waals surface area contributed by atoms with Crippen LogP contribution in [-0.4, -0.2) is 44.7 Å². The Morgan fingerprint density at radius 3 is 2.64 bits per heavy atom. The van der Waals surface area contributed by atoms with E-state index in [-0.39, 0.29) is 16.4 Å². The van der Waals surface area contributed by atoms with Gasteiger partial charge >= 0.3 is 6.18 Å². The molecule has 0 bridgehead atoms. The number of halogens is 3. The molecule has 1 fully saturated rings. The zero-order valence-electron chi connectivity index (χ0n) is 15.3. The molecule has 0 spiro atoms. The molecule has 0 aromatic carbocycles. The Bertz CT molecular complexity index is 887. The van der Waals surface area contributed by atoms with Gasteiger partial charge in [0.1, 0.15) is 9.90 Å². The number of likely N-dealkylation sites (N-methyl/N-ethyl adjacent to an activating group) is 1. The molecule has 0 unspecified atom stereocenters. The lowest BCUT2D eigenvalue weighted by molar-refractivity contribution is -0.155. The zero-order valence-corrected chi connectivity index (χ0v) is 17.0. The first-order valence-corrected chi connectivity index (χ1v) is 11.3. The van der Waals surface area contributed by atoms with E-state index < -0.39 is 22.0 Å². The van der Waals surface area contributed by atoms with Crippen molar-refractivity contribution in [1.29, 1.82) is 0 Å². The number of alkyl halides is 3. The number of thiophene rings is 1. The molecule has 28 heavy (non-hydrogen) atoms. The fourth-order valence-corrected chi connectivity index (χ4v) is 5.58. The van der Waals surface area contributed by atoms with Gasteiger partial charge in [-0.2, -0.15) is 13.2 Å². The molecule has 156 valence electrons. The Morgan fingerprint density at radius 2 is 2.00 bits per heavy atom. The third-order valence-electron chi connectivity index (χ3n) is 4.84. The SMILES string of the molecule is CN(CCNS(=O)(=O)c1ccc(-c2cc(C(F)(F)F)on2)s1)C1CCCCC1. The van der Waals surface area contributed by atoms with Gasteiger partial charge < -0.3 is 9.42 Å². The van der Waals surface area contributed by atoms with Gasteiger partial charge in [0, 0.05) is 25.2 Å². The summed E-state index contributed by atoms with van der Waals surface area (Å²) in [5.41, 5.74) is -0.0455. The van der Waals surface area contributed by atoms with Gasteiger partial charge in [0.2, 0.25) is 15.8 Å².